The van der Waals surface area contributed by atoms with Crippen molar-refractivity contribution >= 4 is 31.5 Å². The molecule has 12 nitrogen and oxygen atoms in total. The second kappa shape index (κ2) is 15.4. The number of carbonyl (C=O) groups is 3. The first kappa shape index (κ1) is 41.0. The molecule has 0 amide bonds. The second-order valence-electron chi connectivity index (χ2n) is 18.3. The number of anilines is 1. The van der Waals surface area contributed by atoms with Crippen LogP contribution in [0.15, 0.2) is 65.2 Å². The molecule has 0 spiro atoms. The number of Topliss-reactive ketones (excluding diaryl/α,β-unsaturated/α-hetero) is 3. The van der Waals surface area contributed by atoms with E-state index >= 15 is 18.8 Å². The highest BCUT2D eigenvalue weighted by molar-refractivity contribution is 6.74. The molecule has 1 unspecified atom stereocenters. The SMILES string of the molecule is CN1CCN(c2nc(F)c3c(c2OCc2ccccc2)C(=O)C2C(=O)[C@]4(O[Si](C)(C)C(C)(C)C)C(=O)c5c(OCc6ccccc6)noc5[C@@H](N(C)C)[C@@H]4C[C@@H]2C3)CC1. The number of fused-ring (bicyclic) bond motifs is 4. The van der Waals surface area contributed by atoms with Crippen molar-refractivity contribution in [3.8, 4) is 11.6 Å². The quantitative estimate of drug-likeness (QED) is 0.0935. The number of halogens is 1. The molecular formula is C45H54FN5O7Si. The zero-order valence-electron chi connectivity index (χ0n) is 35.2. The van der Waals surface area contributed by atoms with E-state index in [1.54, 1.807) is 0 Å². The number of hydrogen-bond acceptors (Lipinski definition) is 12. The fraction of sp³-hybridized carbons (Fsp3) is 0.489. The topological polar surface area (TPSA) is 128 Å². The van der Waals surface area contributed by atoms with Gasteiger partial charge >= 0.3 is 0 Å². The third-order valence-corrected chi connectivity index (χ3v) is 17.8. The molecule has 3 heterocycles. The summed E-state index contributed by atoms with van der Waals surface area (Å²) in [6, 6.07) is 18.3. The second-order valence-corrected chi connectivity index (χ2v) is 23.0. The number of rotatable bonds is 10. The molecule has 4 aliphatic rings. The van der Waals surface area contributed by atoms with E-state index in [0.717, 1.165) is 11.1 Å². The van der Waals surface area contributed by atoms with E-state index in [1.807, 2.05) is 125 Å². The van der Waals surface area contributed by atoms with Gasteiger partial charge in [0.25, 0.3) is 5.88 Å². The van der Waals surface area contributed by atoms with Crippen LogP contribution in [0.25, 0.3) is 0 Å². The summed E-state index contributed by atoms with van der Waals surface area (Å²) in [7, 11) is 2.75. The molecule has 3 aliphatic carbocycles. The molecule has 1 aliphatic heterocycles. The van der Waals surface area contributed by atoms with Gasteiger partial charge in [0.05, 0.1) is 17.5 Å². The number of aromatic nitrogens is 2. The third-order valence-electron chi connectivity index (χ3n) is 13.3. The molecule has 5 atom stereocenters. The maximum Gasteiger partial charge on any atom is 0.265 e. The Morgan fingerprint density at radius 3 is 2.12 bits per heavy atom. The molecule has 0 radical (unpaired) electrons. The van der Waals surface area contributed by atoms with E-state index in [9.17, 15) is 0 Å². The molecule has 2 aromatic carbocycles. The molecule has 1 saturated carbocycles. The number of likely N-dealkylation sites (N-methyl/N-ethyl adjacent to an activating group) is 1. The smallest absolute Gasteiger partial charge is 0.265 e. The Kier molecular flexibility index (Phi) is 10.7. The van der Waals surface area contributed by atoms with Gasteiger partial charge in [0.1, 0.15) is 18.8 Å². The van der Waals surface area contributed by atoms with E-state index in [0.29, 0.717) is 26.2 Å². The first-order valence-corrected chi connectivity index (χ1v) is 23.4. The van der Waals surface area contributed by atoms with Gasteiger partial charge < -0.3 is 28.2 Å². The minimum absolute atomic E-state index is 0.0165. The number of benzene rings is 2. The molecular weight excluding hydrogens is 770 g/mol. The van der Waals surface area contributed by atoms with Crippen LogP contribution in [-0.2, 0) is 28.9 Å². The molecule has 4 aromatic rings. The summed E-state index contributed by atoms with van der Waals surface area (Å²) < 4.78 is 42.6. The van der Waals surface area contributed by atoms with Crippen molar-refractivity contribution in [2.75, 3.05) is 52.2 Å². The average molecular weight is 824 g/mol. The molecule has 1 saturated heterocycles. The van der Waals surface area contributed by atoms with Crippen molar-refractivity contribution in [1.82, 2.24) is 19.9 Å². The van der Waals surface area contributed by atoms with Crippen molar-refractivity contribution in [3.05, 3.63) is 100 Å². The normalized spacial score (nSPS) is 24.7. The Bertz CT molecular complexity index is 2250. The first-order valence-electron chi connectivity index (χ1n) is 20.5. The summed E-state index contributed by atoms with van der Waals surface area (Å²) in [4.78, 5) is 57.5. The van der Waals surface area contributed by atoms with Crippen molar-refractivity contribution < 1.29 is 37.2 Å². The van der Waals surface area contributed by atoms with Crippen molar-refractivity contribution in [2.24, 2.45) is 17.8 Å². The zero-order valence-corrected chi connectivity index (χ0v) is 36.2. The van der Waals surface area contributed by atoms with Gasteiger partial charge in [0.2, 0.25) is 11.7 Å². The van der Waals surface area contributed by atoms with Gasteiger partial charge in [-0.2, -0.15) is 9.37 Å². The number of hydrogen-bond donors (Lipinski definition) is 0. The van der Waals surface area contributed by atoms with Crippen LogP contribution in [-0.4, -0.2) is 98.5 Å². The van der Waals surface area contributed by atoms with Crippen LogP contribution in [0.5, 0.6) is 11.6 Å². The van der Waals surface area contributed by atoms with Crippen LogP contribution in [0.3, 0.4) is 0 Å². The van der Waals surface area contributed by atoms with Gasteiger partial charge in [-0.1, -0.05) is 81.4 Å². The van der Waals surface area contributed by atoms with Gasteiger partial charge in [0.15, 0.2) is 42.8 Å². The van der Waals surface area contributed by atoms with Gasteiger partial charge in [-0.3, -0.25) is 19.3 Å². The van der Waals surface area contributed by atoms with Crippen LogP contribution in [0, 0.1) is 23.7 Å². The number of nitrogens with zero attached hydrogens (tertiary/aromatic N) is 5. The number of ketones is 3. The van der Waals surface area contributed by atoms with E-state index in [1.165, 1.54) is 0 Å². The summed E-state index contributed by atoms with van der Waals surface area (Å²) in [5.74, 6) is -4.69. The van der Waals surface area contributed by atoms with E-state index in [4.69, 9.17) is 18.4 Å². The number of carbonyl (C=O) groups excluding carboxylic acids is 3. The Labute approximate surface area is 346 Å². The lowest BCUT2D eigenvalue weighted by Gasteiger charge is -2.56. The molecule has 312 valence electrons. The average Bonchev–Trinajstić information content (AvgIpc) is 3.62. The monoisotopic (exact) mass is 823 g/mol. The van der Waals surface area contributed by atoms with Crippen LogP contribution < -0.4 is 14.4 Å². The largest absolute Gasteiger partial charge is 0.484 e. The maximum atomic E-state index is 16.6. The van der Waals surface area contributed by atoms with Crippen molar-refractivity contribution in [1.29, 1.82) is 0 Å². The fourth-order valence-electron chi connectivity index (χ4n) is 9.16. The van der Waals surface area contributed by atoms with Gasteiger partial charge in [0, 0.05) is 37.7 Å². The Balaban J connectivity index is 1.27. The van der Waals surface area contributed by atoms with Crippen molar-refractivity contribution in [2.45, 2.75) is 76.6 Å². The maximum absolute atomic E-state index is 16.6. The van der Waals surface area contributed by atoms with Crippen LogP contribution in [0.2, 0.25) is 18.1 Å². The number of ether oxygens (including phenoxy) is 2. The van der Waals surface area contributed by atoms with Crippen LogP contribution >= 0.6 is 0 Å². The zero-order chi connectivity index (χ0) is 42.0. The summed E-state index contributed by atoms with van der Waals surface area (Å²) in [6.07, 6.45) is 0.252. The predicted molar refractivity (Wildman–Crippen MR) is 222 cm³/mol. The number of piperazine rings is 1. The minimum atomic E-state index is -2.97. The molecule has 2 fully saturated rings. The number of pyridine rings is 1. The van der Waals surface area contributed by atoms with E-state index in [-0.39, 0.29) is 66.0 Å². The lowest BCUT2D eigenvalue weighted by Crippen LogP contribution is -2.70. The van der Waals surface area contributed by atoms with E-state index < -0.39 is 66.0 Å². The van der Waals surface area contributed by atoms with Crippen molar-refractivity contribution in [3.63, 3.8) is 0 Å². The molecule has 0 N–H and O–H groups in total. The lowest BCUT2D eigenvalue weighted by molar-refractivity contribution is -0.151. The van der Waals surface area contributed by atoms with Crippen LogP contribution in [0.1, 0.15) is 76.4 Å². The summed E-state index contributed by atoms with van der Waals surface area (Å²) in [6.45, 7) is 12.9. The highest BCUT2D eigenvalue weighted by Gasteiger charge is 2.70. The minimum Gasteiger partial charge on any atom is -0.484 e. The highest BCUT2D eigenvalue weighted by Crippen LogP contribution is 2.59. The van der Waals surface area contributed by atoms with Gasteiger partial charge in [-0.05, 0) is 74.3 Å². The molecule has 2 aromatic heterocycles. The Morgan fingerprint density at radius 1 is 0.915 bits per heavy atom. The summed E-state index contributed by atoms with van der Waals surface area (Å²) >= 11 is 0. The summed E-state index contributed by atoms with van der Waals surface area (Å²) in [5.41, 5.74) is -0.192. The summed E-state index contributed by atoms with van der Waals surface area (Å²) in [5, 5.41) is 3.85. The fourth-order valence-corrected chi connectivity index (χ4v) is 10.6. The molecule has 14 heteroatoms. The Hall–Kier alpha value is -4.76. The third kappa shape index (κ3) is 7.01. The van der Waals surface area contributed by atoms with Gasteiger partial charge in [-0.15, -0.1) is 0 Å². The lowest BCUT2D eigenvalue weighted by atomic mass is 9.54. The van der Waals surface area contributed by atoms with E-state index in [2.05, 4.69) is 15.0 Å². The molecule has 8 rings (SSSR count). The first-order chi connectivity index (χ1) is 28.0. The molecule has 0 bridgehead atoms. The highest BCUT2D eigenvalue weighted by atomic mass is 28.4. The van der Waals surface area contributed by atoms with Crippen LogP contribution in [0.4, 0.5) is 10.2 Å². The predicted octanol–water partition coefficient (Wildman–Crippen LogP) is 6.94. The van der Waals surface area contributed by atoms with Gasteiger partial charge in [-0.25, -0.2) is 0 Å². The Morgan fingerprint density at radius 2 is 1.53 bits per heavy atom. The molecule has 59 heavy (non-hydrogen) atoms. The standard InChI is InChI=1S/C45H54FN5O7Si/c1-44(2,3)59(7,8)58-45-31(35(49(4)5)37-34(40(45)54)43(48-57-37)56-26-28-17-13-10-14-18-28)24-29-23-30-33(36(52)32(29)39(45)53)38(55-25-27-15-11-9-12-16-27)42(47-41(30)46)51-21-19-50(6)20-22-51/h9-18,29,31-32,35H,19-26H2,1-8H3/t29-,31-,32?,35-,45-/m0/s1.